The van der Waals surface area contributed by atoms with Crippen molar-refractivity contribution >= 4 is 22.7 Å². The van der Waals surface area contributed by atoms with E-state index in [1.807, 2.05) is 64.5 Å². The number of carbonyl (C=O) groups excluding carboxylic acids is 2. The summed E-state index contributed by atoms with van der Waals surface area (Å²) in [5, 5.41) is 1.06. The lowest BCUT2D eigenvalue weighted by atomic mass is 9.75. The lowest BCUT2D eigenvalue weighted by molar-refractivity contribution is 0.0304. The number of ether oxygens (including phenoxy) is 2. The molecule has 0 unspecified atom stereocenters. The summed E-state index contributed by atoms with van der Waals surface area (Å²) < 4.78 is 12.5. The molecule has 1 aromatic heterocycles. The Morgan fingerprint density at radius 3 is 2.71 bits per heavy atom. The number of piperidine rings is 1. The maximum atomic E-state index is 13.5. The minimum atomic E-state index is -0.0360. The Labute approximate surface area is 224 Å². The Hall–Kier alpha value is -3.32. The van der Waals surface area contributed by atoms with E-state index in [0.717, 1.165) is 74.6 Å². The number of para-hydroxylation sites is 2. The Morgan fingerprint density at radius 1 is 0.947 bits per heavy atom. The van der Waals surface area contributed by atoms with E-state index < -0.39 is 0 Å². The summed E-state index contributed by atoms with van der Waals surface area (Å²) in [5.41, 5.74) is 2.24. The van der Waals surface area contributed by atoms with Gasteiger partial charge in [0.1, 0.15) is 5.75 Å². The molecule has 0 radical (unpaired) electrons. The van der Waals surface area contributed by atoms with Crippen molar-refractivity contribution in [3.05, 3.63) is 65.9 Å². The normalized spacial score (nSPS) is 22.5. The Bertz CT molecular complexity index is 1290. The number of fused-ring (bicyclic) bond motifs is 3. The third-order valence-corrected chi connectivity index (χ3v) is 8.77. The Morgan fingerprint density at radius 2 is 1.82 bits per heavy atom. The monoisotopic (exact) mass is 515 g/mol. The number of nitrogens with zero attached hydrogens (tertiary/aromatic N) is 2. The average molecular weight is 516 g/mol. The third-order valence-electron chi connectivity index (χ3n) is 8.77. The molecule has 6 rings (SSSR count). The third kappa shape index (κ3) is 4.92. The lowest BCUT2D eigenvalue weighted by Gasteiger charge is -2.42. The number of H-pyrrole nitrogens is 1. The number of hydrogen-bond donors (Lipinski definition) is 1. The van der Waals surface area contributed by atoms with Crippen molar-refractivity contribution in [1.29, 1.82) is 0 Å². The molecule has 1 spiro atoms. The number of aromatic amines is 1. The highest BCUT2D eigenvalue weighted by molar-refractivity contribution is 6.05. The predicted octanol–water partition coefficient (Wildman–Crippen LogP) is 5.27. The fourth-order valence-electron chi connectivity index (χ4n) is 6.44. The van der Waals surface area contributed by atoms with E-state index in [1.165, 1.54) is 0 Å². The minimum Gasteiger partial charge on any atom is -0.492 e. The number of nitrogens with one attached hydrogen (secondary N) is 1. The first kappa shape index (κ1) is 25.0. The Balaban J connectivity index is 1.20. The van der Waals surface area contributed by atoms with Crippen LogP contribution in [0, 0.1) is 5.41 Å². The maximum absolute atomic E-state index is 13.5. The first-order chi connectivity index (χ1) is 18.6. The zero-order valence-corrected chi connectivity index (χ0v) is 22.0. The molecule has 2 aromatic carbocycles. The summed E-state index contributed by atoms with van der Waals surface area (Å²) in [7, 11) is 0. The van der Waals surface area contributed by atoms with Gasteiger partial charge in [-0.25, -0.2) is 0 Å². The molecule has 2 fully saturated rings. The van der Waals surface area contributed by atoms with Crippen LogP contribution in [0.2, 0.25) is 0 Å². The van der Waals surface area contributed by atoms with Crippen molar-refractivity contribution in [2.75, 3.05) is 39.5 Å². The van der Waals surface area contributed by atoms with Crippen molar-refractivity contribution in [1.82, 2.24) is 14.8 Å². The van der Waals surface area contributed by atoms with E-state index in [9.17, 15) is 9.59 Å². The van der Waals surface area contributed by atoms with Crippen LogP contribution >= 0.6 is 0 Å². The molecule has 2 amide bonds. The van der Waals surface area contributed by atoms with Crippen LogP contribution in [0.4, 0.5) is 0 Å². The van der Waals surface area contributed by atoms with E-state index in [-0.39, 0.29) is 23.3 Å². The Kier molecular flexibility index (Phi) is 7.11. The average Bonchev–Trinajstić information content (AvgIpc) is 3.63. The SMILES string of the molecule is O=C(c1cccc2cc[nH]c12)N1CCC2(CCCCOC[C@@H]3CCCN3C(=O)c3ccccc3OC2)CC1. The second-order valence-electron chi connectivity index (χ2n) is 11.2. The van der Waals surface area contributed by atoms with Crippen LogP contribution in [-0.4, -0.2) is 72.1 Å². The zero-order chi connectivity index (χ0) is 26.0. The molecule has 7 heteroatoms. The number of carbonyl (C=O) groups is 2. The molecule has 4 heterocycles. The fourth-order valence-corrected chi connectivity index (χ4v) is 6.44. The molecule has 2 saturated heterocycles. The first-order valence-corrected chi connectivity index (χ1v) is 14.1. The highest BCUT2D eigenvalue weighted by Crippen LogP contribution is 2.39. The van der Waals surface area contributed by atoms with E-state index in [2.05, 4.69) is 4.98 Å². The van der Waals surface area contributed by atoms with Gasteiger partial charge in [-0.2, -0.15) is 0 Å². The number of amides is 2. The summed E-state index contributed by atoms with van der Waals surface area (Å²) in [6.45, 7) is 4.04. The maximum Gasteiger partial charge on any atom is 0.257 e. The van der Waals surface area contributed by atoms with Crippen molar-refractivity contribution in [2.24, 2.45) is 5.41 Å². The standard InChI is InChI=1S/C31H37N3O4/c35-29(26-10-5-7-23-12-16-32-28(23)26)33-18-14-31(15-19-33)13-3-4-20-37-21-24-8-6-17-34(24)30(36)25-9-1-2-11-27(25)38-22-31/h1-2,5,7,9-12,16,24,32H,3-4,6,8,13-15,17-22H2/t24-/m0/s1. The van der Waals surface area contributed by atoms with Gasteiger partial charge in [-0.3, -0.25) is 9.59 Å². The molecular weight excluding hydrogens is 478 g/mol. The molecule has 1 N–H and O–H groups in total. The molecule has 0 bridgehead atoms. The molecule has 200 valence electrons. The van der Waals surface area contributed by atoms with Crippen LogP contribution in [-0.2, 0) is 4.74 Å². The van der Waals surface area contributed by atoms with E-state index in [4.69, 9.17) is 9.47 Å². The van der Waals surface area contributed by atoms with Gasteiger partial charge in [0.2, 0.25) is 0 Å². The van der Waals surface area contributed by atoms with Crippen LogP contribution in [0.1, 0.15) is 65.7 Å². The van der Waals surface area contributed by atoms with E-state index in [0.29, 0.717) is 37.6 Å². The number of aromatic nitrogens is 1. The van der Waals surface area contributed by atoms with Crippen LogP contribution in [0.25, 0.3) is 10.9 Å². The number of benzene rings is 2. The van der Waals surface area contributed by atoms with Gasteiger partial charge in [0.05, 0.1) is 35.9 Å². The number of likely N-dealkylation sites (tertiary alicyclic amines) is 1. The molecule has 3 aliphatic rings. The van der Waals surface area contributed by atoms with Gasteiger partial charge in [-0.1, -0.05) is 30.7 Å². The van der Waals surface area contributed by atoms with Crippen molar-refractivity contribution in [3.8, 4) is 5.75 Å². The molecule has 1 atom stereocenters. The van der Waals surface area contributed by atoms with E-state index in [1.54, 1.807) is 0 Å². The summed E-state index contributed by atoms with van der Waals surface area (Å²) in [6, 6.07) is 15.7. The molecule has 3 aromatic rings. The quantitative estimate of drug-likeness (QED) is 0.479. The lowest BCUT2D eigenvalue weighted by Crippen LogP contribution is -2.45. The molecule has 0 aliphatic carbocycles. The number of hydrogen-bond acceptors (Lipinski definition) is 4. The van der Waals surface area contributed by atoms with E-state index >= 15 is 0 Å². The highest BCUT2D eigenvalue weighted by Gasteiger charge is 2.38. The van der Waals surface area contributed by atoms with Gasteiger partial charge in [0, 0.05) is 43.2 Å². The smallest absolute Gasteiger partial charge is 0.257 e. The van der Waals surface area contributed by atoms with Crippen molar-refractivity contribution in [2.45, 2.75) is 51.0 Å². The van der Waals surface area contributed by atoms with Crippen LogP contribution in [0.15, 0.2) is 54.7 Å². The van der Waals surface area contributed by atoms with Crippen molar-refractivity contribution in [3.63, 3.8) is 0 Å². The van der Waals surface area contributed by atoms with Crippen LogP contribution in [0.5, 0.6) is 5.75 Å². The second-order valence-corrected chi connectivity index (χ2v) is 11.2. The molecule has 0 saturated carbocycles. The topological polar surface area (TPSA) is 74.9 Å². The highest BCUT2D eigenvalue weighted by atomic mass is 16.5. The van der Waals surface area contributed by atoms with Gasteiger partial charge in [-0.05, 0) is 62.8 Å². The second kappa shape index (κ2) is 10.8. The van der Waals surface area contributed by atoms with Gasteiger partial charge in [0.15, 0.2) is 0 Å². The molecule has 7 nitrogen and oxygen atoms in total. The van der Waals surface area contributed by atoms with Gasteiger partial charge < -0.3 is 24.3 Å². The predicted molar refractivity (Wildman–Crippen MR) is 147 cm³/mol. The first-order valence-electron chi connectivity index (χ1n) is 14.1. The summed E-state index contributed by atoms with van der Waals surface area (Å²) in [4.78, 5) is 34.2. The van der Waals surface area contributed by atoms with Gasteiger partial charge >= 0.3 is 0 Å². The summed E-state index contributed by atoms with van der Waals surface area (Å²) in [6.07, 6.45) is 8.73. The summed E-state index contributed by atoms with van der Waals surface area (Å²) >= 11 is 0. The molecule has 3 aliphatic heterocycles. The van der Waals surface area contributed by atoms with Crippen LogP contribution in [0.3, 0.4) is 0 Å². The molecular formula is C31H37N3O4. The fraction of sp³-hybridized carbons (Fsp3) is 0.484. The van der Waals surface area contributed by atoms with Gasteiger partial charge in [0.25, 0.3) is 11.8 Å². The van der Waals surface area contributed by atoms with Gasteiger partial charge in [-0.15, -0.1) is 0 Å². The zero-order valence-electron chi connectivity index (χ0n) is 22.0. The number of rotatable bonds is 1. The largest absolute Gasteiger partial charge is 0.492 e. The minimum absolute atomic E-state index is 0.0360. The van der Waals surface area contributed by atoms with Crippen molar-refractivity contribution < 1.29 is 19.1 Å². The molecule has 38 heavy (non-hydrogen) atoms. The summed E-state index contributed by atoms with van der Waals surface area (Å²) in [5.74, 6) is 0.786. The van der Waals surface area contributed by atoms with Crippen LogP contribution < -0.4 is 4.74 Å².